The van der Waals surface area contributed by atoms with Crippen LogP contribution >= 0.6 is 11.6 Å². The van der Waals surface area contributed by atoms with Crippen molar-refractivity contribution in [1.82, 2.24) is 0 Å². The second-order valence-corrected chi connectivity index (χ2v) is 7.30. The normalized spacial score (nSPS) is 11.9. The molecular formula is C19H17Cl2NO7. The van der Waals surface area contributed by atoms with Gasteiger partial charge in [0, 0.05) is 22.0 Å². The van der Waals surface area contributed by atoms with Crippen LogP contribution in [0.15, 0.2) is 51.9 Å². The van der Waals surface area contributed by atoms with Gasteiger partial charge in [0.15, 0.2) is 0 Å². The molecular weight excluding hydrogens is 425 g/mol. The lowest BCUT2D eigenvalue weighted by molar-refractivity contribution is -1.92. The van der Waals surface area contributed by atoms with Gasteiger partial charge in [0.25, 0.3) is 0 Å². The maximum absolute atomic E-state index is 10.9. The first-order valence-electron chi connectivity index (χ1n) is 8.10. The molecule has 0 fully saturated rings. The Morgan fingerprint density at radius 1 is 1.14 bits per heavy atom. The quantitative estimate of drug-likeness (QED) is 0.589. The van der Waals surface area contributed by atoms with E-state index in [9.17, 15) is 4.79 Å². The average molecular weight is 442 g/mol. The highest BCUT2D eigenvalue weighted by atomic mass is 35.7. The molecule has 2 N–H and O–H groups in total. The van der Waals surface area contributed by atoms with Gasteiger partial charge in [-0.25, -0.2) is 0 Å². The molecule has 1 aromatic heterocycles. The number of rotatable bonds is 3. The monoisotopic (exact) mass is 441 g/mol. The van der Waals surface area contributed by atoms with E-state index < -0.39 is 16.2 Å². The standard InChI is InChI=1S/C19H16ClNO3.ClHO4/c1-11-7-12(2)19-15(8-11)16(21-10-18(22)23)9-17(24-19)13-3-5-14(20)6-4-13;2-1(3,4)5/h3-9H,10H2,1-2H3,(H,22,23);(H,2,3,4,5). The number of carbonyl (C=O) groups is 1. The third-order valence-corrected chi connectivity index (χ3v) is 3.94. The van der Waals surface area contributed by atoms with Gasteiger partial charge in [-0.15, -0.1) is 0 Å². The molecule has 154 valence electrons. The van der Waals surface area contributed by atoms with Gasteiger partial charge in [0.1, 0.15) is 17.9 Å². The number of hydrogen-bond donors (Lipinski definition) is 2. The van der Waals surface area contributed by atoms with Gasteiger partial charge < -0.3 is 9.52 Å². The van der Waals surface area contributed by atoms with Crippen LogP contribution in [0.1, 0.15) is 11.1 Å². The van der Waals surface area contributed by atoms with E-state index in [1.165, 1.54) is 0 Å². The van der Waals surface area contributed by atoms with E-state index in [-0.39, 0.29) is 6.54 Å². The summed E-state index contributed by atoms with van der Waals surface area (Å²) < 4.78 is 38.8. The molecule has 0 saturated heterocycles. The topological polar surface area (TPSA) is 152 Å². The molecule has 0 atom stereocenters. The molecule has 8 nitrogen and oxygen atoms in total. The fourth-order valence-corrected chi connectivity index (χ4v) is 2.79. The van der Waals surface area contributed by atoms with Crippen LogP contribution in [0.3, 0.4) is 0 Å². The zero-order chi connectivity index (χ0) is 21.8. The molecule has 2 aromatic carbocycles. The highest BCUT2D eigenvalue weighted by Crippen LogP contribution is 2.26. The van der Waals surface area contributed by atoms with Crippen molar-refractivity contribution in [3.63, 3.8) is 0 Å². The first-order valence-corrected chi connectivity index (χ1v) is 9.75. The van der Waals surface area contributed by atoms with Crippen molar-refractivity contribution in [3.8, 4) is 11.3 Å². The maximum atomic E-state index is 10.9. The third-order valence-electron chi connectivity index (χ3n) is 3.69. The minimum absolute atomic E-state index is 0.286. The molecule has 3 aromatic rings. The van der Waals surface area contributed by atoms with Crippen molar-refractivity contribution >= 4 is 28.5 Å². The van der Waals surface area contributed by atoms with Gasteiger partial charge in [0.05, 0.1) is 20.3 Å². The van der Waals surface area contributed by atoms with E-state index in [2.05, 4.69) is 4.99 Å². The average Bonchev–Trinajstić information content (AvgIpc) is 2.59. The number of nitrogens with zero attached hydrogens (tertiary/aromatic N) is 1. The number of halogens is 2. The molecule has 0 spiro atoms. The Morgan fingerprint density at radius 3 is 2.28 bits per heavy atom. The van der Waals surface area contributed by atoms with Crippen molar-refractivity contribution in [3.05, 3.63) is 64.0 Å². The van der Waals surface area contributed by atoms with E-state index in [0.717, 1.165) is 22.1 Å². The van der Waals surface area contributed by atoms with Crippen molar-refractivity contribution < 1.29 is 43.2 Å². The Kier molecular flexibility index (Phi) is 7.37. The Bertz CT molecular complexity index is 1080. The van der Waals surface area contributed by atoms with Crippen LogP contribution in [-0.4, -0.2) is 22.3 Å². The second kappa shape index (κ2) is 9.36. The molecule has 0 unspecified atom stereocenters. The predicted octanol–water partition coefficient (Wildman–Crippen LogP) is 0.231. The van der Waals surface area contributed by atoms with E-state index in [4.69, 9.17) is 39.8 Å². The molecule has 0 aliphatic heterocycles. The van der Waals surface area contributed by atoms with Crippen LogP contribution in [0.5, 0.6) is 0 Å². The number of hydrogen-bond acceptors (Lipinski definition) is 7. The molecule has 0 bridgehead atoms. The SMILES string of the molecule is Cc1cc(C)c2oc(-c3ccc(Cl)cc3)cc(=NCC(=O)O)c2c1.[O-][Cl+3]([O-])([O-])O. The number of aryl methyl sites for hydroxylation is 2. The third kappa shape index (κ3) is 7.13. The zero-order valence-corrected chi connectivity index (χ0v) is 16.9. The summed E-state index contributed by atoms with van der Waals surface area (Å²) in [5, 5.41) is 11.0. The van der Waals surface area contributed by atoms with E-state index >= 15 is 0 Å². The van der Waals surface area contributed by atoms with Gasteiger partial charge in [-0.1, -0.05) is 17.7 Å². The molecule has 0 saturated carbocycles. The van der Waals surface area contributed by atoms with E-state index in [1.807, 2.05) is 38.1 Å². The Morgan fingerprint density at radius 2 is 1.72 bits per heavy atom. The van der Waals surface area contributed by atoms with Crippen LogP contribution in [0.25, 0.3) is 22.3 Å². The van der Waals surface area contributed by atoms with Gasteiger partial charge in [-0.2, -0.15) is 14.0 Å². The molecule has 29 heavy (non-hydrogen) atoms. The summed E-state index contributed by atoms with van der Waals surface area (Å²) in [6.07, 6.45) is 0. The fourth-order valence-electron chi connectivity index (χ4n) is 2.66. The summed E-state index contributed by atoms with van der Waals surface area (Å²) in [5.41, 5.74) is 3.61. The number of aliphatic carboxylic acids is 1. The molecule has 1 heterocycles. The Hall–Kier alpha value is -2.46. The van der Waals surface area contributed by atoms with Crippen molar-refractivity contribution in [1.29, 1.82) is 0 Å². The minimum Gasteiger partial charge on any atom is -0.480 e. The number of fused-ring (bicyclic) bond motifs is 1. The lowest BCUT2D eigenvalue weighted by Gasteiger charge is -2.08. The summed E-state index contributed by atoms with van der Waals surface area (Å²) >= 11 is 5.94. The lowest BCUT2D eigenvalue weighted by atomic mass is 10.1. The summed E-state index contributed by atoms with van der Waals surface area (Å²) in [4.78, 5) is 15.1. The second-order valence-electron chi connectivity index (χ2n) is 6.07. The summed E-state index contributed by atoms with van der Waals surface area (Å²) in [5.74, 6) is -0.350. The van der Waals surface area contributed by atoms with Crippen LogP contribution in [0, 0.1) is 24.1 Å². The van der Waals surface area contributed by atoms with Gasteiger partial charge in [-0.05, 0) is 55.3 Å². The molecule has 0 radical (unpaired) electrons. The molecule has 0 amide bonds. The number of benzene rings is 2. The Labute approximate surface area is 172 Å². The fraction of sp³-hybridized carbons (Fsp3) is 0.158. The van der Waals surface area contributed by atoms with Gasteiger partial charge in [0.2, 0.25) is 0 Å². The van der Waals surface area contributed by atoms with Crippen LogP contribution in [0.4, 0.5) is 0 Å². The van der Waals surface area contributed by atoms with E-state index in [1.54, 1.807) is 18.2 Å². The first-order chi connectivity index (χ1) is 13.4. The first kappa shape index (κ1) is 22.8. The van der Waals surface area contributed by atoms with Crippen molar-refractivity contribution in [2.45, 2.75) is 13.8 Å². The predicted molar refractivity (Wildman–Crippen MR) is 96.4 cm³/mol. The molecule has 0 aliphatic carbocycles. The van der Waals surface area contributed by atoms with Gasteiger partial charge >= 0.3 is 5.97 Å². The highest BCUT2D eigenvalue weighted by molar-refractivity contribution is 6.30. The largest absolute Gasteiger partial charge is 0.480 e. The summed E-state index contributed by atoms with van der Waals surface area (Å²) in [7, 11) is -4.69. The maximum Gasteiger partial charge on any atom is 0.325 e. The lowest BCUT2D eigenvalue weighted by Crippen LogP contribution is -2.58. The van der Waals surface area contributed by atoms with Crippen LogP contribution < -0.4 is 19.3 Å². The molecule has 0 aliphatic rings. The van der Waals surface area contributed by atoms with Crippen LogP contribution in [0.2, 0.25) is 5.02 Å². The Balaban J connectivity index is 0.000000537. The summed E-state index contributed by atoms with van der Waals surface area (Å²) in [6, 6.07) is 13.0. The van der Waals surface area contributed by atoms with Crippen molar-refractivity contribution in [2.24, 2.45) is 4.99 Å². The summed E-state index contributed by atoms with van der Waals surface area (Å²) in [6.45, 7) is 3.66. The minimum atomic E-state index is -4.69. The highest BCUT2D eigenvalue weighted by Gasteiger charge is 2.09. The number of carboxylic acids is 1. The molecule has 10 heteroatoms. The number of carboxylic acid groups (broad SMARTS) is 1. The molecule has 3 rings (SSSR count). The van der Waals surface area contributed by atoms with Crippen molar-refractivity contribution in [2.75, 3.05) is 6.54 Å². The van der Waals surface area contributed by atoms with Gasteiger partial charge in [-0.3, -0.25) is 9.79 Å². The smallest absolute Gasteiger partial charge is 0.325 e. The zero-order valence-electron chi connectivity index (χ0n) is 15.4. The van der Waals surface area contributed by atoms with E-state index in [0.29, 0.717) is 21.7 Å². The van der Waals surface area contributed by atoms with Crippen LogP contribution in [-0.2, 0) is 4.79 Å².